The van der Waals surface area contributed by atoms with Crippen LogP contribution < -0.4 is 5.32 Å². The molecule has 0 spiro atoms. The van der Waals surface area contributed by atoms with Crippen molar-refractivity contribution in [3.05, 3.63) is 35.4 Å². The number of aryl methyl sites for hydroxylation is 1. The van der Waals surface area contributed by atoms with Crippen molar-refractivity contribution >= 4 is 6.03 Å². The normalized spacial score (nSPS) is 26.2. The fourth-order valence-electron chi connectivity index (χ4n) is 3.68. The van der Waals surface area contributed by atoms with E-state index in [2.05, 4.69) is 29.6 Å². The van der Waals surface area contributed by atoms with Crippen molar-refractivity contribution < 1.29 is 9.90 Å². The molecule has 3 rings (SSSR count). The number of aliphatic hydroxyl groups is 1. The summed E-state index contributed by atoms with van der Waals surface area (Å²) in [6.45, 7) is 3.22. The molecule has 1 saturated heterocycles. The third kappa shape index (κ3) is 3.27. The van der Waals surface area contributed by atoms with Crippen LogP contribution in [-0.4, -0.2) is 35.2 Å². The second-order valence-corrected chi connectivity index (χ2v) is 6.68. The standard InChI is InChI=1S/C18H26N2O2/c1-13(21)15-10-11-20(12-15)18(22)19-17-9-5-3-7-14-6-2-4-8-16(14)17/h2,4,6,8,13,15,17,21H,3,5,7,9-12H2,1H3,(H,19,22)/t13-,15-,17-/m0/s1. The van der Waals surface area contributed by atoms with Gasteiger partial charge in [-0.3, -0.25) is 0 Å². The molecule has 0 aromatic heterocycles. The van der Waals surface area contributed by atoms with Crippen LogP contribution in [0.1, 0.15) is 49.8 Å². The third-order valence-corrected chi connectivity index (χ3v) is 5.11. The summed E-state index contributed by atoms with van der Waals surface area (Å²) in [5.41, 5.74) is 2.65. The molecule has 0 radical (unpaired) electrons. The molecule has 1 aromatic carbocycles. The number of benzene rings is 1. The van der Waals surface area contributed by atoms with Crippen LogP contribution >= 0.6 is 0 Å². The van der Waals surface area contributed by atoms with Crippen LogP contribution in [0, 0.1) is 5.92 Å². The highest BCUT2D eigenvalue weighted by atomic mass is 16.3. The van der Waals surface area contributed by atoms with E-state index in [0.29, 0.717) is 6.54 Å². The van der Waals surface area contributed by atoms with Gasteiger partial charge in [0.05, 0.1) is 12.1 Å². The molecular formula is C18H26N2O2. The molecule has 2 amide bonds. The predicted octanol–water partition coefficient (Wildman–Crippen LogP) is 2.87. The summed E-state index contributed by atoms with van der Waals surface area (Å²) in [5, 5.41) is 12.9. The summed E-state index contributed by atoms with van der Waals surface area (Å²) in [6, 6.07) is 8.61. The molecular weight excluding hydrogens is 276 g/mol. The maximum Gasteiger partial charge on any atom is 0.317 e. The molecule has 1 fully saturated rings. The van der Waals surface area contributed by atoms with E-state index < -0.39 is 0 Å². The largest absolute Gasteiger partial charge is 0.393 e. The molecule has 2 N–H and O–H groups in total. The van der Waals surface area contributed by atoms with Crippen molar-refractivity contribution in [2.45, 2.75) is 51.2 Å². The lowest BCUT2D eigenvalue weighted by atomic mass is 9.99. The van der Waals surface area contributed by atoms with Crippen molar-refractivity contribution in [3.8, 4) is 0 Å². The second kappa shape index (κ2) is 6.69. The Bertz CT molecular complexity index is 530. The van der Waals surface area contributed by atoms with Gasteiger partial charge in [-0.15, -0.1) is 0 Å². The second-order valence-electron chi connectivity index (χ2n) is 6.68. The van der Waals surface area contributed by atoms with E-state index in [-0.39, 0.29) is 24.1 Å². The van der Waals surface area contributed by atoms with E-state index >= 15 is 0 Å². The zero-order chi connectivity index (χ0) is 15.5. The number of amides is 2. The Labute approximate surface area is 132 Å². The highest BCUT2D eigenvalue weighted by Gasteiger charge is 2.30. The van der Waals surface area contributed by atoms with Crippen molar-refractivity contribution in [2.75, 3.05) is 13.1 Å². The fraction of sp³-hybridized carbons (Fsp3) is 0.611. The molecule has 1 heterocycles. The first kappa shape index (κ1) is 15.3. The monoisotopic (exact) mass is 302 g/mol. The number of aliphatic hydroxyl groups excluding tert-OH is 1. The predicted molar refractivity (Wildman–Crippen MR) is 86.6 cm³/mol. The zero-order valence-corrected chi connectivity index (χ0v) is 13.3. The van der Waals surface area contributed by atoms with Crippen molar-refractivity contribution in [3.63, 3.8) is 0 Å². The summed E-state index contributed by atoms with van der Waals surface area (Å²) < 4.78 is 0. The first-order valence-corrected chi connectivity index (χ1v) is 8.46. The van der Waals surface area contributed by atoms with Crippen LogP contribution in [0.3, 0.4) is 0 Å². The minimum Gasteiger partial charge on any atom is -0.393 e. The van der Waals surface area contributed by atoms with Crippen LogP contribution in [0.25, 0.3) is 0 Å². The quantitative estimate of drug-likeness (QED) is 0.825. The van der Waals surface area contributed by atoms with Gasteiger partial charge in [-0.25, -0.2) is 4.79 Å². The minimum absolute atomic E-state index is 0.0184. The first-order chi connectivity index (χ1) is 10.6. The average Bonchev–Trinajstić information content (AvgIpc) is 2.93. The van der Waals surface area contributed by atoms with Crippen LogP contribution in [0.5, 0.6) is 0 Å². The number of carbonyl (C=O) groups is 1. The Balaban J connectivity index is 1.67. The van der Waals surface area contributed by atoms with Gasteiger partial charge < -0.3 is 15.3 Å². The number of likely N-dealkylation sites (tertiary alicyclic amines) is 1. The van der Waals surface area contributed by atoms with E-state index in [9.17, 15) is 9.90 Å². The molecule has 4 heteroatoms. The Morgan fingerprint density at radius 1 is 1.32 bits per heavy atom. The molecule has 120 valence electrons. The van der Waals surface area contributed by atoms with Gasteiger partial charge in [0.1, 0.15) is 0 Å². The van der Waals surface area contributed by atoms with Gasteiger partial charge in [0, 0.05) is 19.0 Å². The van der Waals surface area contributed by atoms with Gasteiger partial charge in [-0.2, -0.15) is 0 Å². The van der Waals surface area contributed by atoms with E-state index in [1.54, 1.807) is 0 Å². The molecule has 22 heavy (non-hydrogen) atoms. The van der Waals surface area contributed by atoms with Gasteiger partial charge in [0.2, 0.25) is 0 Å². The highest BCUT2D eigenvalue weighted by molar-refractivity contribution is 5.75. The topological polar surface area (TPSA) is 52.6 Å². The average molecular weight is 302 g/mol. The SMILES string of the molecule is C[C@H](O)[C@H]1CCN(C(=O)N[C@H]2CCCCc3ccccc32)C1. The molecule has 1 aromatic rings. The lowest BCUT2D eigenvalue weighted by molar-refractivity contribution is 0.129. The molecule has 1 aliphatic carbocycles. The number of urea groups is 1. The lowest BCUT2D eigenvalue weighted by Crippen LogP contribution is -2.41. The van der Waals surface area contributed by atoms with Crippen LogP contribution in [0.2, 0.25) is 0 Å². The molecule has 0 bridgehead atoms. The number of nitrogens with zero attached hydrogens (tertiary/aromatic N) is 1. The van der Waals surface area contributed by atoms with Gasteiger partial charge in [0.25, 0.3) is 0 Å². The number of hydrogen-bond donors (Lipinski definition) is 2. The van der Waals surface area contributed by atoms with Crippen molar-refractivity contribution in [1.29, 1.82) is 0 Å². The fourth-order valence-corrected chi connectivity index (χ4v) is 3.68. The van der Waals surface area contributed by atoms with Crippen molar-refractivity contribution in [1.82, 2.24) is 10.2 Å². The molecule has 0 saturated carbocycles. The molecule has 0 unspecified atom stereocenters. The number of carbonyl (C=O) groups excluding carboxylic acids is 1. The van der Waals surface area contributed by atoms with Gasteiger partial charge in [-0.1, -0.05) is 30.7 Å². The van der Waals surface area contributed by atoms with Gasteiger partial charge in [-0.05, 0) is 43.7 Å². The number of rotatable bonds is 2. The van der Waals surface area contributed by atoms with Gasteiger partial charge in [0.15, 0.2) is 0 Å². The highest BCUT2D eigenvalue weighted by Crippen LogP contribution is 2.29. The third-order valence-electron chi connectivity index (χ3n) is 5.11. The molecule has 4 nitrogen and oxygen atoms in total. The van der Waals surface area contributed by atoms with Crippen LogP contribution in [0.15, 0.2) is 24.3 Å². The lowest BCUT2D eigenvalue weighted by Gasteiger charge is -2.24. The zero-order valence-electron chi connectivity index (χ0n) is 13.3. The van der Waals surface area contributed by atoms with Crippen LogP contribution in [0.4, 0.5) is 4.79 Å². The van der Waals surface area contributed by atoms with E-state index in [1.165, 1.54) is 17.5 Å². The Hall–Kier alpha value is -1.55. The summed E-state index contributed by atoms with van der Waals surface area (Å²) in [4.78, 5) is 14.4. The first-order valence-electron chi connectivity index (χ1n) is 8.46. The Kier molecular flexibility index (Phi) is 4.67. The summed E-state index contributed by atoms with van der Waals surface area (Å²) in [6.07, 6.45) is 5.02. The molecule has 2 aliphatic rings. The minimum atomic E-state index is -0.337. The maximum atomic E-state index is 12.5. The van der Waals surface area contributed by atoms with Gasteiger partial charge >= 0.3 is 6.03 Å². The number of nitrogens with one attached hydrogen (secondary N) is 1. The van der Waals surface area contributed by atoms with E-state index in [1.807, 2.05) is 11.8 Å². The summed E-state index contributed by atoms with van der Waals surface area (Å²) >= 11 is 0. The number of hydrogen-bond acceptors (Lipinski definition) is 2. The van der Waals surface area contributed by atoms with E-state index in [4.69, 9.17) is 0 Å². The van der Waals surface area contributed by atoms with Crippen LogP contribution in [-0.2, 0) is 6.42 Å². The summed E-state index contributed by atoms with van der Waals surface area (Å²) in [5.74, 6) is 0.215. The van der Waals surface area contributed by atoms with E-state index in [0.717, 1.165) is 32.2 Å². The Morgan fingerprint density at radius 2 is 2.14 bits per heavy atom. The maximum absolute atomic E-state index is 12.5. The Morgan fingerprint density at radius 3 is 2.91 bits per heavy atom. The smallest absolute Gasteiger partial charge is 0.317 e. The molecule has 1 aliphatic heterocycles. The summed E-state index contributed by atoms with van der Waals surface area (Å²) in [7, 11) is 0. The number of fused-ring (bicyclic) bond motifs is 1. The van der Waals surface area contributed by atoms with Crippen molar-refractivity contribution in [2.24, 2.45) is 5.92 Å². The molecule has 3 atom stereocenters.